The number of imidazole rings is 1. The van der Waals surface area contributed by atoms with E-state index in [1.807, 2.05) is 65.1 Å². The SMILES string of the molecule is C=Cc1nc(-c2cnc(Nc3cc(C)nc(C)c3)nc2NC2CCC(CC)C2)[nH]c1/C=C\C.CC. The fourth-order valence-electron chi connectivity index (χ4n) is 4.51. The van der Waals surface area contributed by atoms with Crippen LogP contribution in [0, 0.1) is 19.8 Å². The van der Waals surface area contributed by atoms with Crippen molar-refractivity contribution in [3.05, 3.63) is 53.8 Å². The van der Waals surface area contributed by atoms with Gasteiger partial charge in [-0.3, -0.25) is 4.98 Å². The summed E-state index contributed by atoms with van der Waals surface area (Å²) in [6.07, 6.45) is 12.3. The molecule has 186 valence electrons. The molecule has 0 saturated heterocycles. The summed E-state index contributed by atoms with van der Waals surface area (Å²) in [6.45, 7) is 16.1. The lowest BCUT2D eigenvalue weighted by molar-refractivity contribution is 0.524. The molecule has 2 unspecified atom stereocenters. The molecule has 0 aromatic carbocycles. The molecule has 3 aromatic heterocycles. The highest BCUT2D eigenvalue weighted by atomic mass is 15.2. The topological polar surface area (TPSA) is 91.4 Å². The summed E-state index contributed by atoms with van der Waals surface area (Å²) in [5, 5.41) is 7.03. The molecule has 0 aliphatic heterocycles. The van der Waals surface area contributed by atoms with Crippen LogP contribution < -0.4 is 10.6 Å². The number of H-pyrrole nitrogens is 1. The van der Waals surface area contributed by atoms with Crippen LogP contribution in [0.4, 0.5) is 17.5 Å². The standard InChI is InChI=1S/C26H33N7.C2H6/c1-6-9-23-22(8-3)31-25(32-23)21-15-27-26(30-20-12-16(4)28-17(5)13-20)33-24(21)29-19-11-10-18(7-2)14-19;1-2/h6,8-9,12-13,15,18-19H,3,7,10-11,14H2,1-2,4-5H3,(H,31,32)(H2,27,28,29,30,33);1-2H3/b9-6-;. The average molecular weight is 474 g/mol. The van der Waals surface area contributed by atoms with E-state index in [1.165, 1.54) is 12.8 Å². The minimum absolute atomic E-state index is 0.394. The Labute approximate surface area is 209 Å². The summed E-state index contributed by atoms with van der Waals surface area (Å²) in [5.74, 6) is 2.83. The number of allylic oxidation sites excluding steroid dienone is 1. The van der Waals surface area contributed by atoms with E-state index in [2.05, 4.69) is 39.1 Å². The van der Waals surface area contributed by atoms with Crippen molar-refractivity contribution in [3.63, 3.8) is 0 Å². The molecule has 35 heavy (non-hydrogen) atoms. The molecular formula is C28H39N7. The number of hydrogen-bond donors (Lipinski definition) is 3. The molecule has 4 rings (SSSR count). The highest BCUT2D eigenvalue weighted by molar-refractivity contribution is 5.74. The lowest BCUT2D eigenvalue weighted by atomic mass is 10.1. The van der Waals surface area contributed by atoms with Crippen molar-refractivity contribution in [2.24, 2.45) is 5.92 Å². The zero-order valence-corrected chi connectivity index (χ0v) is 21.9. The van der Waals surface area contributed by atoms with Crippen LogP contribution in [0.2, 0.25) is 0 Å². The maximum Gasteiger partial charge on any atom is 0.229 e. The third-order valence-corrected chi connectivity index (χ3v) is 6.13. The number of aromatic nitrogens is 5. The third kappa shape index (κ3) is 6.56. The second-order valence-corrected chi connectivity index (χ2v) is 8.74. The van der Waals surface area contributed by atoms with Gasteiger partial charge >= 0.3 is 0 Å². The second kappa shape index (κ2) is 12.3. The van der Waals surface area contributed by atoms with Crippen LogP contribution in [0.15, 0.2) is 31.0 Å². The molecular weight excluding hydrogens is 434 g/mol. The van der Waals surface area contributed by atoms with Gasteiger partial charge in [0.05, 0.1) is 17.0 Å². The average Bonchev–Trinajstić information content (AvgIpc) is 3.47. The van der Waals surface area contributed by atoms with E-state index < -0.39 is 0 Å². The highest BCUT2D eigenvalue weighted by Gasteiger charge is 2.25. The van der Waals surface area contributed by atoms with Gasteiger partial charge in [-0.1, -0.05) is 39.8 Å². The van der Waals surface area contributed by atoms with Crippen LogP contribution in [0.1, 0.15) is 76.2 Å². The molecule has 0 bridgehead atoms. The van der Waals surface area contributed by atoms with Crippen LogP contribution in [0.25, 0.3) is 23.5 Å². The van der Waals surface area contributed by atoms with Crippen LogP contribution in [0.5, 0.6) is 0 Å². The largest absolute Gasteiger partial charge is 0.367 e. The molecule has 3 aromatic rings. The summed E-state index contributed by atoms with van der Waals surface area (Å²) < 4.78 is 0. The molecule has 3 heterocycles. The summed E-state index contributed by atoms with van der Waals surface area (Å²) in [6, 6.07) is 4.38. The van der Waals surface area contributed by atoms with Crippen molar-refractivity contribution in [3.8, 4) is 11.4 Å². The Kier molecular flexibility index (Phi) is 9.18. The van der Waals surface area contributed by atoms with E-state index in [4.69, 9.17) is 9.97 Å². The Morgan fingerprint density at radius 2 is 1.86 bits per heavy atom. The zero-order chi connectivity index (χ0) is 25.4. The monoisotopic (exact) mass is 473 g/mol. The number of pyridine rings is 1. The Balaban J connectivity index is 0.00000167. The van der Waals surface area contributed by atoms with Gasteiger partial charge in [0.25, 0.3) is 0 Å². The Morgan fingerprint density at radius 3 is 2.49 bits per heavy atom. The predicted octanol–water partition coefficient (Wildman–Crippen LogP) is 7.32. The fourth-order valence-corrected chi connectivity index (χ4v) is 4.51. The Morgan fingerprint density at radius 1 is 1.11 bits per heavy atom. The Hall–Kier alpha value is -3.48. The van der Waals surface area contributed by atoms with Crippen LogP contribution in [-0.2, 0) is 0 Å². The summed E-state index contributed by atoms with van der Waals surface area (Å²) >= 11 is 0. The van der Waals surface area contributed by atoms with E-state index in [0.717, 1.165) is 64.4 Å². The molecule has 7 nitrogen and oxygen atoms in total. The zero-order valence-electron chi connectivity index (χ0n) is 21.9. The van der Waals surface area contributed by atoms with Gasteiger partial charge in [0.1, 0.15) is 11.6 Å². The van der Waals surface area contributed by atoms with E-state index in [1.54, 1.807) is 6.08 Å². The smallest absolute Gasteiger partial charge is 0.229 e. The maximum atomic E-state index is 4.87. The molecule has 1 aliphatic rings. The van der Waals surface area contributed by atoms with E-state index >= 15 is 0 Å². The maximum absolute atomic E-state index is 4.87. The van der Waals surface area contributed by atoms with Gasteiger partial charge < -0.3 is 15.6 Å². The van der Waals surface area contributed by atoms with Gasteiger partial charge in [-0.25, -0.2) is 9.97 Å². The Bertz CT molecular complexity index is 1140. The van der Waals surface area contributed by atoms with Gasteiger partial charge in [-0.2, -0.15) is 4.98 Å². The number of anilines is 3. The first-order chi connectivity index (χ1) is 17.0. The van der Waals surface area contributed by atoms with Gasteiger partial charge in [0, 0.05) is 29.3 Å². The van der Waals surface area contributed by atoms with Crippen molar-refractivity contribution in [2.45, 2.75) is 73.3 Å². The first kappa shape index (κ1) is 26.1. The van der Waals surface area contributed by atoms with Crippen LogP contribution in [0.3, 0.4) is 0 Å². The molecule has 2 atom stereocenters. The lowest BCUT2D eigenvalue weighted by Gasteiger charge is -2.17. The summed E-state index contributed by atoms with van der Waals surface area (Å²) in [7, 11) is 0. The number of aromatic amines is 1. The van der Waals surface area contributed by atoms with Gasteiger partial charge in [0.2, 0.25) is 5.95 Å². The van der Waals surface area contributed by atoms with Crippen molar-refractivity contribution in [1.82, 2.24) is 24.9 Å². The molecule has 3 N–H and O–H groups in total. The van der Waals surface area contributed by atoms with Crippen LogP contribution in [-0.4, -0.2) is 31.0 Å². The molecule has 0 amide bonds. The summed E-state index contributed by atoms with van der Waals surface area (Å²) in [4.78, 5) is 22.1. The molecule has 0 spiro atoms. The quantitative estimate of drug-likeness (QED) is 0.317. The van der Waals surface area contributed by atoms with Gasteiger partial charge in [-0.15, -0.1) is 0 Å². The number of rotatable bonds is 8. The van der Waals surface area contributed by atoms with E-state index in [9.17, 15) is 0 Å². The first-order valence-corrected chi connectivity index (χ1v) is 12.7. The molecule has 1 saturated carbocycles. The van der Waals surface area contributed by atoms with Crippen molar-refractivity contribution in [2.75, 3.05) is 10.6 Å². The van der Waals surface area contributed by atoms with Crippen LogP contribution >= 0.6 is 0 Å². The predicted molar refractivity (Wildman–Crippen MR) is 148 cm³/mol. The summed E-state index contributed by atoms with van der Waals surface area (Å²) in [5.41, 5.74) is 5.41. The first-order valence-electron chi connectivity index (χ1n) is 12.7. The third-order valence-electron chi connectivity index (χ3n) is 6.13. The van der Waals surface area contributed by atoms with E-state index in [-0.39, 0.29) is 0 Å². The molecule has 1 aliphatic carbocycles. The number of hydrogen-bond acceptors (Lipinski definition) is 6. The minimum atomic E-state index is 0.394. The van der Waals surface area contributed by atoms with Crippen molar-refractivity contribution < 1.29 is 0 Å². The number of aryl methyl sites for hydroxylation is 2. The normalized spacial score (nSPS) is 17.2. The number of nitrogens with one attached hydrogen (secondary N) is 3. The van der Waals surface area contributed by atoms with Crippen molar-refractivity contribution in [1.29, 1.82) is 0 Å². The van der Waals surface area contributed by atoms with Gasteiger partial charge in [-0.05, 0) is 70.2 Å². The minimum Gasteiger partial charge on any atom is -0.367 e. The lowest BCUT2D eigenvalue weighted by Crippen LogP contribution is -2.18. The van der Waals surface area contributed by atoms with E-state index in [0.29, 0.717) is 12.0 Å². The highest BCUT2D eigenvalue weighted by Crippen LogP contribution is 2.33. The van der Waals surface area contributed by atoms with Gasteiger partial charge in [0.15, 0.2) is 0 Å². The second-order valence-electron chi connectivity index (χ2n) is 8.74. The molecule has 7 heteroatoms. The fraction of sp³-hybridized carbons (Fsp3) is 0.429. The van der Waals surface area contributed by atoms with Crippen molar-refractivity contribution >= 4 is 29.6 Å². The molecule has 0 radical (unpaired) electrons. The number of nitrogens with zero attached hydrogens (tertiary/aromatic N) is 4. The molecule has 1 fully saturated rings.